The Morgan fingerprint density at radius 3 is 3.06 bits per heavy atom. The lowest BCUT2D eigenvalue weighted by molar-refractivity contribution is -0.117. The number of benzene rings is 1. The van der Waals surface area contributed by atoms with Crippen LogP contribution in [-0.4, -0.2) is 24.6 Å². The van der Waals surface area contributed by atoms with Crippen molar-refractivity contribution in [1.29, 1.82) is 0 Å². The number of carbonyl (C=O) groups excluding carboxylic acids is 1. The average Bonchev–Trinajstić information content (AvgIpc) is 2.79. The summed E-state index contributed by atoms with van der Waals surface area (Å²) in [5.41, 5.74) is 1.92. The molecule has 1 aromatic rings. The van der Waals surface area contributed by atoms with Crippen LogP contribution < -0.4 is 15.0 Å². The monoisotopic (exact) mass is 246 g/mol. The van der Waals surface area contributed by atoms with Gasteiger partial charge < -0.3 is 15.0 Å². The summed E-state index contributed by atoms with van der Waals surface area (Å²) in [4.78, 5) is 14.3. The summed E-state index contributed by atoms with van der Waals surface area (Å²) < 4.78 is 5.77. The van der Waals surface area contributed by atoms with E-state index in [1.807, 2.05) is 26.0 Å². The van der Waals surface area contributed by atoms with Crippen molar-refractivity contribution in [2.75, 3.05) is 16.8 Å². The van der Waals surface area contributed by atoms with Gasteiger partial charge >= 0.3 is 0 Å². The third-order valence-corrected chi connectivity index (χ3v) is 3.48. The zero-order valence-electron chi connectivity index (χ0n) is 10.8. The number of fused-ring (bicyclic) bond motifs is 3. The van der Waals surface area contributed by atoms with Gasteiger partial charge in [0.2, 0.25) is 5.91 Å². The molecule has 2 aliphatic heterocycles. The highest BCUT2D eigenvalue weighted by atomic mass is 16.5. The minimum absolute atomic E-state index is 0.00630. The molecule has 4 heteroatoms. The van der Waals surface area contributed by atoms with E-state index in [0.717, 1.165) is 36.5 Å². The van der Waals surface area contributed by atoms with Crippen molar-refractivity contribution in [1.82, 2.24) is 0 Å². The highest BCUT2D eigenvalue weighted by molar-refractivity contribution is 6.05. The molecule has 0 saturated carbocycles. The third-order valence-electron chi connectivity index (χ3n) is 3.48. The maximum atomic E-state index is 12.1. The van der Waals surface area contributed by atoms with Crippen molar-refractivity contribution in [3.8, 4) is 5.75 Å². The molecule has 0 aromatic heterocycles. The molecule has 0 aliphatic carbocycles. The maximum absolute atomic E-state index is 12.1. The number of hydrogen-bond acceptors (Lipinski definition) is 3. The summed E-state index contributed by atoms with van der Waals surface area (Å²) in [6, 6.07) is 5.96. The van der Waals surface area contributed by atoms with Gasteiger partial charge in [-0.05, 0) is 38.8 Å². The van der Waals surface area contributed by atoms with E-state index in [9.17, 15) is 4.79 Å². The van der Waals surface area contributed by atoms with Gasteiger partial charge in [0.25, 0.3) is 0 Å². The first kappa shape index (κ1) is 11.4. The van der Waals surface area contributed by atoms with E-state index >= 15 is 0 Å². The van der Waals surface area contributed by atoms with Crippen molar-refractivity contribution >= 4 is 17.3 Å². The second kappa shape index (κ2) is 4.19. The summed E-state index contributed by atoms with van der Waals surface area (Å²) in [6.45, 7) is 4.93. The van der Waals surface area contributed by atoms with Crippen LogP contribution in [0.1, 0.15) is 26.7 Å². The van der Waals surface area contributed by atoms with E-state index in [1.165, 1.54) is 0 Å². The fourth-order valence-electron chi connectivity index (χ4n) is 2.77. The maximum Gasteiger partial charge on any atom is 0.247 e. The molecule has 1 saturated heterocycles. The standard InChI is InChI=1S/C14H18N2O2/c1-9(2)18-12-7-3-5-10-13(12)15-14(17)11-6-4-8-16(10)11/h3,5,7,9,11H,4,6,8H2,1-2H3,(H,15,17). The van der Waals surface area contributed by atoms with Gasteiger partial charge in [0.15, 0.2) is 0 Å². The summed E-state index contributed by atoms with van der Waals surface area (Å²) in [5, 5.41) is 3.00. The van der Waals surface area contributed by atoms with Crippen LogP contribution in [0.4, 0.5) is 11.4 Å². The van der Waals surface area contributed by atoms with Crippen molar-refractivity contribution < 1.29 is 9.53 Å². The van der Waals surface area contributed by atoms with E-state index in [2.05, 4.69) is 16.3 Å². The number of hydrogen-bond donors (Lipinski definition) is 1. The van der Waals surface area contributed by atoms with Crippen LogP contribution in [0.15, 0.2) is 18.2 Å². The van der Waals surface area contributed by atoms with Crippen molar-refractivity contribution in [3.63, 3.8) is 0 Å². The molecule has 1 atom stereocenters. The zero-order chi connectivity index (χ0) is 12.7. The zero-order valence-corrected chi connectivity index (χ0v) is 10.8. The molecule has 0 bridgehead atoms. The lowest BCUT2D eigenvalue weighted by Gasteiger charge is -2.34. The van der Waals surface area contributed by atoms with Crippen LogP contribution in [0.25, 0.3) is 0 Å². The van der Waals surface area contributed by atoms with Gasteiger partial charge in [-0.2, -0.15) is 0 Å². The summed E-state index contributed by atoms with van der Waals surface area (Å²) >= 11 is 0. The Bertz CT molecular complexity index is 485. The lowest BCUT2D eigenvalue weighted by atomic mass is 10.1. The number of ether oxygens (including phenoxy) is 1. The Balaban J connectivity index is 2.03. The number of nitrogens with zero attached hydrogens (tertiary/aromatic N) is 1. The highest BCUT2D eigenvalue weighted by Crippen LogP contribution is 2.42. The molecule has 1 N–H and O–H groups in total. The Hall–Kier alpha value is -1.71. The van der Waals surface area contributed by atoms with Gasteiger partial charge in [-0.1, -0.05) is 6.07 Å². The number of amides is 1. The van der Waals surface area contributed by atoms with Crippen LogP contribution in [0.3, 0.4) is 0 Å². The molecule has 1 aromatic carbocycles. The second-order valence-electron chi connectivity index (χ2n) is 5.16. The molecule has 1 amide bonds. The first-order valence-corrected chi connectivity index (χ1v) is 6.54. The molecule has 2 aliphatic rings. The van der Waals surface area contributed by atoms with Crippen molar-refractivity contribution in [3.05, 3.63) is 18.2 Å². The number of rotatable bonds is 2. The number of carbonyl (C=O) groups is 1. The number of anilines is 2. The van der Waals surface area contributed by atoms with Gasteiger partial charge in [0, 0.05) is 6.54 Å². The van der Waals surface area contributed by atoms with E-state index in [4.69, 9.17) is 4.74 Å². The molecule has 4 nitrogen and oxygen atoms in total. The average molecular weight is 246 g/mol. The quantitative estimate of drug-likeness (QED) is 0.871. The molecule has 3 rings (SSSR count). The van der Waals surface area contributed by atoms with Crippen LogP contribution in [0.5, 0.6) is 5.75 Å². The van der Waals surface area contributed by atoms with Crippen LogP contribution in [0.2, 0.25) is 0 Å². The Morgan fingerprint density at radius 2 is 2.28 bits per heavy atom. The summed E-state index contributed by atoms with van der Waals surface area (Å²) in [5.74, 6) is 0.862. The molecular weight excluding hydrogens is 228 g/mol. The fourth-order valence-corrected chi connectivity index (χ4v) is 2.77. The molecular formula is C14H18N2O2. The van der Waals surface area contributed by atoms with Gasteiger partial charge in [-0.15, -0.1) is 0 Å². The molecule has 1 fully saturated rings. The van der Waals surface area contributed by atoms with Crippen LogP contribution in [-0.2, 0) is 4.79 Å². The predicted octanol–water partition coefficient (Wildman–Crippen LogP) is 2.39. The lowest BCUT2D eigenvalue weighted by Crippen LogP contribution is -2.44. The van der Waals surface area contributed by atoms with Gasteiger partial charge in [0.1, 0.15) is 17.5 Å². The minimum atomic E-state index is 0.00630. The number of para-hydroxylation sites is 1. The normalized spacial score (nSPS) is 21.6. The van der Waals surface area contributed by atoms with E-state index in [-0.39, 0.29) is 18.1 Å². The SMILES string of the molecule is CC(C)Oc1cccc2c1NC(=O)C1CCCN21. The Kier molecular flexibility index (Phi) is 2.65. The highest BCUT2D eigenvalue weighted by Gasteiger charge is 2.37. The van der Waals surface area contributed by atoms with Gasteiger partial charge in [0.05, 0.1) is 11.8 Å². The van der Waals surface area contributed by atoms with E-state index < -0.39 is 0 Å². The van der Waals surface area contributed by atoms with Crippen LogP contribution in [0, 0.1) is 0 Å². The van der Waals surface area contributed by atoms with Crippen LogP contribution >= 0.6 is 0 Å². The van der Waals surface area contributed by atoms with Gasteiger partial charge in [-0.3, -0.25) is 4.79 Å². The topological polar surface area (TPSA) is 41.6 Å². The van der Waals surface area contributed by atoms with E-state index in [1.54, 1.807) is 0 Å². The molecule has 1 unspecified atom stereocenters. The van der Waals surface area contributed by atoms with E-state index in [0.29, 0.717) is 0 Å². The molecule has 0 spiro atoms. The largest absolute Gasteiger partial charge is 0.489 e. The third kappa shape index (κ3) is 1.72. The van der Waals surface area contributed by atoms with Gasteiger partial charge in [-0.25, -0.2) is 0 Å². The molecule has 2 heterocycles. The summed E-state index contributed by atoms with van der Waals surface area (Å²) in [7, 11) is 0. The Labute approximate surface area is 107 Å². The molecule has 0 radical (unpaired) electrons. The molecule has 18 heavy (non-hydrogen) atoms. The fraction of sp³-hybridized carbons (Fsp3) is 0.500. The summed E-state index contributed by atoms with van der Waals surface area (Å²) in [6.07, 6.45) is 2.12. The first-order chi connectivity index (χ1) is 8.66. The predicted molar refractivity (Wildman–Crippen MR) is 71.2 cm³/mol. The Morgan fingerprint density at radius 1 is 1.44 bits per heavy atom. The minimum Gasteiger partial charge on any atom is -0.489 e. The first-order valence-electron chi connectivity index (χ1n) is 6.54. The van der Waals surface area contributed by atoms with Crippen molar-refractivity contribution in [2.45, 2.75) is 38.8 Å². The van der Waals surface area contributed by atoms with Crippen molar-refractivity contribution in [2.24, 2.45) is 0 Å². The number of nitrogens with one attached hydrogen (secondary N) is 1. The molecule has 96 valence electrons. The second-order valence-corrected chi connectivity index (χ2v) is 5.16. The smallest absolute Gasteiger partial charge is 0.247 e.